The second-order valence-corrected chi connectivity index (χ2v) is 6.03. The highest BCUT2D eigenvalue weighted by molar-refractivity contribution is 7.13. The third-order valence-corrected chi connectivity index (χ3v) is 4.39. The summed E-state index contributed by atoms with van der Waals surface area (Å²) in [7, 11) is 1.62. The zero-order valence-corrected chi connectivity index (χ0v) is 14.1. The Kier molecular flexibility index (Phi) is 4.29. The molecule has 0 saturated heterocycles. The summed E-state index contributed by atoms with van der Waals surface area (Å²) in [5.74, 6) is 0.559. The predicted octanol–water partition coefficient (Wildman–Crippen LogP) is 3.47. The molecule has 23 heavy (non-hydrogen) atoms. The van der Waals surface area contributed by atoms with Gasteiger partial charge >= 0.3 is 0 Å². The fourth-order valence-corrected chi connectivity index (χ4v) is 3.21. The zero-order chi connectivity index (χ0) is 16.4. The van der Waals surface area contributed by atoms with Crippen LogP contribution in [0, 0.1) is 6.92 Å². The molecular weight excluding hydrogens is 312 g/mol. The van der Waals surface area contributed by atoms with Crippen molar-refractivity contribution in [2.75, 3.05) is 12.4 Å². The molecule has 3 aromatic rings. The summed E-state index contributed by atoms with van der Waals surface area (Å²) in [6, 6.07) is 5.82. The molecule has 0 fully saturated rings. The van der Waals surface area contributed by atoms with Crippen LogP contribution in [-0.4, -0.2) is 27.8 Å². The standard InChI is InChI=1S/C16H18N4O2S/c1-4-7-20-10(2)14(15(21)18-16-19-17-9-23-16)12-8-11(22-3)5-6-13(12)20/h5-6,8-9H,4,7H2,1-3H3,(H,18,19,21). The second kappa shape index (κ2) is 6.37. The van der Waals surface area contributed by atoms with Crippen molar-refractivity contribution < 1.29 is 9.53 Å². The van der Waals surface area contributed by atoms with Crippen LogP contribution in [0.15, 0.2) is 23.7 Å². The van der Waals surface area contributed by atoms with Crippen molar-refractivity contribution in [3.05, 3.63) is 35.0 Å². The van der Waals surface area contributed by atoms with Gasteiger partial charge in [0.15, 0.2) is 0 Å². The molecule has 0 atom stereocenters. The molecule has 0 radical (unpaired) electrons. The van der Waals surface area contributed by atoms with E-state index in [1.165, 1.54) is 11.3 Å². The van der Waals surface area contributed by atoms with E-state index in [1.54, 1.807) is 12.6 Å². The van der Waals surface area contributed by atoms with Crippen LogP contribution < -0.4 is 10.1 Å². The molecule has 0 bridgehead atoms. The molecule has 0 saturated carbocycles. The number of nitrogens with one attached hydrogen (secondary N) is 1. The molecule has 1 aromatic carbocycles. The van der Waals surface area contributed by atoms with Gasteiger partial charge in [0.05, 0.1) is 12.7 Å². The minimum atomic E-state index is -0.174. The summed E-state index contributed by atoms with van der Waals surface area (Å²) >= 11 is 1.30. The van der Waals surface area contributed by atoms with E-state index in [-0.39, 0.29) is 5.91 Å². The number of carbonyl (C=O) groups excluding carboxylic acids is 1. The van der Waals surface area contributed by atoms with E-state index in [1.807, 2.05) is 25.1 Å². The summed E-state index contributed by atoms with van der Waals surface area (Å²) in [5, 5.41) is 11.8. The van der Waals surface area contributed by atoms with Crippen molar-refractivity contribution in [1.82, 2.24) is 14.8 Å². The maximum atomic E-state index is 12.7. The van der Waals surface area contributed by atoms with Gasteiger partial charge in [-0.1, -0.05) is 18.3 Å². The fraction of sp³-hybridized carbons (Fsp3) is 0.312. The maximum absolute atomic E-state index is 12.7. The van der Waals surface area contributed by atoms with Crippen LogP contribution in [-0.2, 0) is 6.54 Å². The Bertz CT molecular complexity index is 840. The SMILES string of the molecule is CCCn1c(C)c(C(=O)Nc2nncs2)c2cc(OC)ccc21. The molecule has 0 spiro atoms. The van der Waals surface area contributed by atoms with Crippen LogP contribution in [0.4, 0.5) is 5.13 Å². The number of rotatable bonds is 5. The van der Waals surface area contributed by atoms with Crippen molar-refractivity contribution in [3.8, 4) is 5.75 Å². The summed E-state index contributed by atoms with van der Waals surface area (Å²) in [5.41, 5.74) is 4.22. The van der Waals surface area contributed by atoms with E-state index in [0.29, 0.717) is 10.7 Å². The van der Waals surface area contributed by atoms with Crippen molar-refractivity contribution in [1.29, 1.82) is 0 Å². The van der Waals surface area contributed by atoms with E-state index in [9.17, 15) is 4.79 Å². The van der Waals surface area contributed by atoms with Crippen LogP contribution in [0.1, 0.15) is 29.4 Å². The molecule has 0 aliphatic rings. The molecule has 2 aromatic heterocycles. The number of benzene rings is 1. The summed E-state index contributed by atoms with van der Waals surface area (Å²) < 4.78 is 7.48. The van der Waals surface area contributed by atoms with Gasteiger partial charge in [0, 0.05) is 23.1 Å². The first-order chi connectivity index (χ1) is 11.2. The minimum Gasteiger partial charge on any atom is -0.497 e. The number of nitrogens with zero attached hydrogens (tertiary/aromatic N) is 3. The maximum Gasteiger partial charge on any atom is 0.259 e. The third kappa shape index (κ3) is 2.79. The number of fused-ring (bicyclic) bond motifs is 1. The van der Waals surface area contributed by atoms with E-state index in [4.69, 9.17) is 4.74 Å². The average Bonchev–Trinajstić information content (AvgIpc) is 3.14. The lowest BCUT2D eigenvalue weighted by atomic mass is 10.1. The molecule has 1 N–H and O–H groups in total. The van der Waals surface area contributed by atoms with Gasteiger partial charge in [0.2, 0.25) is 5.13 Å². The second-order valence-electron chi connectivity index (χ2n) is 5.19. The highest BCUT2D eigenvalue weighted by atomic mass is 32.1. The number of amides is 1. The van der Waals surface area contributed by atoms with Crippen LogP contribution in [0.2, 0.25) is 0 Å². The lowest BCUT2D eigenvalue weighted by Crippen LogP contribution is -2.13. The average molecular weight is 330 g/mol. The highest BCUT2D eigenvalue weighted by Crippen LogP contribution is 2.30. The van der Waals surface area contributed by atoms with Gasteiger partial charge in [-0.3, -0.25) is 10.1 Å². The lowest BCUT2D eigenvalue weighted by Gasteiger charge is -2.06. The topological polar surface area (TPSA) is 69.0 Å². The lowest BCUT2D eigenvalue weighted by molar-refractivity contribution is 0.102. The first-order valence-electron chi connectivity index (χ1n) is 7.40. The van der Waals surface area contributed by atoms with Gasteiger partial charge in [-0.15, -0.1) is 10.2 Å². The number of ether oxygens (including phenoxy) is 1. The monoisotopic (exact) mass is 330 g/mol. The largest absolute Gasteiger partial charge is 0.497 e. The predicted molar refractivity (Wildman–Crippen MR) is 91.4 cm³/mol. The Labute approximate surface area is 138 Å². The number of hydrogen-bond donors (Lipinski definition) is 1. The zero-order valence-electron chi connectivity index (χ0n) is 13.3. The molecule has 0 aliphatic heterocycles. The summed E-state index contributed by atoms with van der Waals surface area (Å²) in [4.78, 5) is 12.7. The number of aromatic nitrogens is 3. The van der Waals surface area contributed by atoms with Gasteiger partial charge in [-0.25, -0.2) is 0 Å². The molecule has 0 aliphatic carbocycles. The Balaban J connectivity index is 2.13. The highest BCUT2D eigenvalue weighted by Gasteiger charge is 2.21. The summed E-state index contributed by atoms with van der Waals surface area (Å²) in [6.07, 6.45) is 0.994. The smallest absolute Gasteiger partial charge is 0.259 e. The van der Waals surface area contributed by atoms with E-state index in [0.717, 1.165) is 35.3 Å². The van der Waals surface area contributed by atoms with Crippen molar-refractivity contribution in [3.63, 3.8) is 0 Å². The van der Waals surface area contributed by atoms with Gasteiger partial charge in [0.25, 0.3) is 5.91 Å². The summed E-state index contributed by atoms with van der Waals surface area (Å²) in [6.45, 7) is 4.95. The van der Waals surface area contributed by atoms with E-state index in [2.05, 4.69) is 27.0 Å². The van der Waals surface area contributed by atoms with Crippen LogP contribution >= 0.6 is 11.3 Å². The number of methoxy groups -OCH3 is 1. The Morgan fingerprint density at radius 1 is 1.43 bits per heavy atom. The Hall–Kier alpha value is -2.41. The number of carbonyl (C=O) groups is 1. The number of hydrogen-bond acceptors (Lipinski definition) is 5. The molecule has 0 unspecified atom stereocenters. The third-order valence-electron chi connectivity index (χ3n) is 3.79. The molecule has 120 valence electrons. The van der Waals surface area contributed by atoms with Gasteiger partial charge in [0.1, 0.15) is 11.3 Å². The molecule has 7 heteroatoms. The number of aryl methyl sites for hydroxylation is 1. The van der Waals surface area contributed by atoms with Crippen LogP contribution in [0.25, 0.3) is 10.9 Å². The first-order valence-corrected chi connectivity index (χ1v) is 8.28. The minimum absolute atomic E-state index is 0.174. The number of anilines is 1. The molecule has 6 nitrogen and oxygen atoms in total. The van der Waals surface area contributed by atoms with Gasteiger partial charge < -0.3 is 9.30 Å². The van der Waals surface area contributed by atoms with Crippen LogP contribution in [0.5, 0.6) is 5.75 Å². The molecule has 1 amide bonds. The Morgan fingerprint density at radius 2 is 2.26 bits per heavy atom. The quantitative estimate of drug-likeness (QED) is 0.778. The molecule has 3 rings (SSSR count). The van der Waals surface area contributed by atoms with Crippen molar-refractivity contribution in [2.24, 2.45) is 0 Å². The van der Waals surface area contributed by atoms with Crippen molar-refractivity contribution >= 4 is 33.3 Å². The van der Waals surface area contributed by atoms with Crippen LogP contribution in [0.3, 0.4) is 0 Å². The molecular formula is C16H18N4O2S. The Morgan fingerprint density at radius 3 is 2.91 bits per heavy atom. The van der Waals surface area contributed by atoms with Crippen molar-refractivity contribution in [2.45, 2.75) is 26.8 Å². The normalized spacial score (nSPS) is 10.9. The van der Waals surface area contributed by atoms with E-state index < -0.39 is 0 Å². The fourth-order valence-electron chi connectivity index (χ4n) is 2.77. The first kappa shape index (κ1) is 15.5. The van der Waals surface area contributed by atoms with E-state index >= 15 is 0 Å². The van der Waals surface area contributed by atoms with Gasteiger partial charge in [-0.05, 0) is 31.5 Å². The molecule has 2 heterocycles. The van der Waals surface area contributed by atoms with Gasteiger partial charge in [-0.2, -0.15) is 0 Å².